The lowest BCUT2D eigenvalue weighted by atomic mass is 10.5. The van der Waals surface area contributed by atoms with E-state index in [1.807, 2.05) is 0 Å². The second-order valence-electron chi connectivity index (χ2n) is 6.58. The number of hydrogen-bond acceptors (Lipinski definition) is 3. The van der Waals surface area contributed by atoms with Crippen LogP contribution < -0.4 is 5.73 Å². The van der Waals surface area contributed by atoms with Crippen molar-refractivity contribution in [3.8, 4) is 0 Å². The predicted octanol–water partition coefficient (Wildman–Crippen LogP) is 3.11. The minimum atomic E-state index is -2.13. The SMILES string of the molecule is CC(CN)[Si](C)(O[Si](C)(C)C)O[Si](C)(C)C. The van der Waals surface area contributed by atoms with Crippen molar-refractivity contribution >= 4 is 25.2 Å². The molecule has 16 heavy (non-hydrogen) atoms. The van der Waals surface area contributed by atoms with Gasteiger partial charge in [0.05, 0.1) is 0 Å². The molecule has 1 unspecified atom stereocenters. The molecule has 0 spiro atoms. The molecule has 98 valence electrons. The maximum absolute atomic E-state index is 6.36. The van der Waals surface area contributed by atoms with Crippen molar-refractivity contribution in [1.82, 2.24) is 0 Å². The Bertz CT molecular complexity index is 207. The molecule has 0 aromatic rings. The Morgan fingerprint density at radius 1 is 0.875 bits per heavy atom. The number of hydrogen-bond donors (Lipinski definition) is 1. The summed E-state index contributed by atoms with van der Waals surface area (Å²) in [5, 5.41) is 0. The van der Waals surface area contributed by atoms with E-state index in [9.17, 15) is 0 Å². The van der Waals surface area contributed by atoms with Crippen molar-refractivity contribution in [1.29, 1.82) is 0 Å². The Balaban J connectivity index is 4.90. The fourth-order valence-electron chi connectivity index (χ4n) is 1.65. The zero-order valence-corrected chi connectivity index (χ0v) is 15.2. The molecule has 0 aromatic heterocycles. The Kier molecular flexibility index (Phi) is 5.63. The monoisotopic (exact) mass is 279 g/mol. The van der Waals surface area contributed by atoms with Crippen molar-refractivity contribution in [3.05, 3.63) is 0 Å². The third kappa shape index (κ3) is 6.31. The van der Waals surface area contributed by atoms with Crippen LogP contribution in [-0.2, 0) is 8.23 Å². The topological polar surface area (TPSA) is 44.5 Å². The first-order valence-corrected chi connectivity index (χ1v) is 15.2. The second kappa shape index (κ2) is 5.45. The lowest BCUT2D eigenvalue weighted by Gasteiger charge is -2.41. The van der Waals surface area contributed by atoms with E-state index in [0.29, 0.717) is 12.1 Å². The average molecular weight is 280 g/mol. The van der Waals surface area contributed by atoms with Crippen LogP contribution in [0.5, 0.6) is 0 Å². The highest BCUT2D eigenvalue weighted by atomic mass is 28.5. The van der Waals surface area contributed by atoms with E-state index in [-0.39, 0.29) is 0 Å². The van der Waals surface area contributed by atoms with E-state index in [1.54, 1.807) is 0 Å². The molecule has 3 nitrogen and oxygen atoms in total. The molecule has 1 atom stereocenters. The molecule has 0 radical (unpaired) electrons. The van der Waals surface area contributed by atoms with Crippen molar-refractivity contribution < 1.29 is 8.23 Å². The van der Waals surface area contributed by atoms with Crippen LogP contribution in [0.15, 0.2) is 0 Å². The van der Waals surface area contributed by atoms with Crippen molar-refractivity contribution in [3.63, 3.8) is 0 Å². The summed E-state index contributed by atoms with van der Waals surface area (Å²) in [6.07, 6.45) is 0. The van der Waals surface area contributed by atoms with Crippen molar-refractivity contribution in [2.75, 3.05) is 6.54 Å². The predicted molar refractivity (Wildman–Crippen MR) is 79.0 cm³/mol. The van der Waals surface area contributed by atoms with E-state index in [0.717, 1.165) is 0 Å². The summed E-state index contributed by atoms with van der Waals surface area (Å²) in [5.74, 6) is 0. The smallest absolute Gasteiger partial charge is 0.318 e. The third-order valence-electron chi connectivity index (χ3n) is 2.27. The fourth-order valence-corrected chi connectivity index (χ4v) is 14.0. The number of rotatable bonds is 6. The van der Waals surface area contributed by atoms with Crippen LogP contribution in [-0.4, -0.2) is 31.7 Å². The highest BCUT2D eigenvalue weighted by molar-refractivity contribution is 6.88. The van der Waals surface area contributed by atoms with Gasteiger partial charge in [0, 0.05) is 5.54 Å². The fraction of sp³-hybridized carbons (Fsp3) is 1.00. The van der Waals surface area contributed by atoms with Gasteiger partial charge in [-0.2, -0.15) is 0 Å². The van der Waals surface area contributed by atoms with Crippen LogP contribution in [0.2, 0.25) is 51.4 Å². The van der Waals surface area contributed by atoms with Crippen molar-refractivity contribution in [2.24, 2.45) is 5.73 Å². The van der Waals surface area contributed by atoms with Crippen LogP contribution in [0.25, 0.3) is 0 Å². The third-order valence-corrected chi connectivity index (χ3v) is 12.4. The van der Waals surface area contributed by atoms with Gasteiger partial charge in [-0.3, -0.25) is 0 Å². The molecular formula is C10H29NO2Si3. The van der Waals surface area contributed by atoms with E-state index >= 15 is 0 Å². The maximum Gasteiger partial charge on any atom is 0.318 e. The Hall–Kier alpha value is 0.531. The van der Waals surface area contributed by atoms with Gasteiger partial charge >= 0.3 is 8.56 Å². The first-order chi connectivity index (χ1) is 6.90. The molecule has 0 rings (SSSR count). The molecule has 0 saturated heterocycles. The molecule has 0 aliphatic carbocycles. The number of nitrogens with two attached hydrogens (primary N) is 1. The van der Waals surface area contributed by atoms with Crippen molar-refractivity contribution in [2.45, 2.75) is 58.3 Å². The molecule has 0 aliphatic rings. The van der Waals surface area contributed by atoms with E-state index in [1.165, 1.54) is 0 Å². The van der Waals surface area contributed by atoms with Crippen LogP contribution >= 0.6 is 0 Å². The summed E-state index contributed by atoms with van der Waals surface area (Å²) in [7, 11) is -5.26. The summed E-state index contributed by atoms with van der Waals surface area (Å²) in [6.45, 7) is 18.3. The summed E-state index contributed by atoms with van der Waals surface area (Å²) >= 11 is 0. The lowest BCUT2D eigenvalue weighted by molar-refractivity contribution is 0.367. The molecular weight excluding hydrogens is 250 g/mol. The van der Waals surface area contributed by atoms with Crippen LogP contribution in [0.1, 0.15) is 6.92 Å². The first-order valence-electron chi connectivity index (χ1n) is 6.00. The Morgan fingerprint density at radius 3 is 1.38 bits per heavy atom. The van der Waals surface area contributed by atoms with E-state index in [2.05, 4.69) is 52.8 Å². The van der Waals surface area contributed by atoms with Gasteiger partial charge in [-0.25, -0.2) is 0 Å². The normalized spacial score (nSPS) is 16.3. The summed E-state index contributed by atoms with van der Waals surface area (Å²) in [5.41, 5.74) is 6.15. The van der Waals surface area contributed by atoms with Gasteiger partial charge < -0.3 is 14.0 Å². The zero-order chi connectivity index (χ0) is 13.2. The van der Waals surface area contributed by atoms with Crippen LogP contribution in [0, 0.1) is 0 Å². The van der Waals surface area contributed by atoms with Gasteiger partial charge in [-0.15, -0.1) is 0 Å². The van der Waals surface area contributed by atoms with E-state index in [4.69, 9.17) is 14.0 Å². The van der Waals surface area contributed by atoms with Crippen LogP contribution in [0.4, 0.5) is 0 Å². The molecule has 0 amide bonds. The molecule has 0 saturated carbocycles. The highest BCUT2D eigenvalue weighted by Gasteiger charge is 2.44. The van der Waals surface area contributed by atoms with Gasteiger partial charge in [-0.1, -0.05) is 6.92 Å². The quantitative estimate of drug-likeness (QED) is 0.760. The summed E-state index contributed by atoms with van der Waals surface area (Å²) in [6, 6.07) is 0. The molecule has 0 heterocycles. The average Bonchev–Trinajstić information content (AvgIpc) is 1.95. The van der Waals surface area contributed by atoms with E-state index < -0.39 is 25.2 Å². The summed E-state index contributed by atoms with van der Waals surface area (Å²) < 4.78 is 12.7. The first kappa shape index (κ1) is 16.5. The molecule has 0 aromatic carbocycles. The standard InChI is InChI=1S/C10H29NO2Si3/c1-10(9-11)16(8,12-14(2,3)4)13-15(5,6)7/h10H,9,11H2,1-8H3. The van der Waals surface area contributed by atoms with Gasteiger partial charge in [0.25, 0.3) is 0 Å². The molecule has 0 fully saturated rings. The van der Waals surface area contributed by atoms with Gasteiger partial charge in [0.15, 0.2) is 16.6 Å². The lowest BCUT2D eigenvalue weighted by Crippen LogP contribution is -2.56. The molecule has 6 heteroatoms. The summed E-state index contributed by atoms with van der Waals surface area (Å²) in [4.78, 5) is 0. The minimum absolute atomic E-state index is 0.353. The van der Waals surface area contributed by atoms with Gasteiger partial charge in [0.2, 0.25) is 0 Å². The Morgan fingerprint density at radius 2 is 1.19 bits per heavy atom. The largest absolute Gasteiger partial charge is 0.436 e. The molecule has 0 bridgehead atoms. The van der Waals surface area contributed by atoms with Gasteiger partial charge in [0.1, 0.15) is 0 Å². The minimum Gasteiger partial charge on any atom is -0.436 e. The molecule has 2 N–H and O–H groups in total. The van der Waals surface area contributed by atoms with Crippen LogP contribution in [0.3, 0.4) is 0 Å². The molecule has 0 aliphatic heterocycles. The zero-order valence-electron chi connectivity index (χ0n) is 12.2. The highest BCUT2D eigenvalue weighted by Crippen LogP contribution is 2.29. The Labute approximate surface area is 104 Å². The maximum atomic E-state index is 6.36. The van der Waals surface area contributed by atoms with Gasteiger partial charge in [-0.05, 0) is 52.4 Å². The second-order valence-corrected chi connectivity index (χ2v) is 19.7.